The number of nitrogens with zero attached hydrogens (tertiary/aromatic N) is 2. The van der Waals surface area contributed by atoms with Crippen LogP contribution in [0, 0.1) is 0 Å². The number of aliphatic hydroxyl groups excluding tert-OH is 1. The highest BCUT2D eigenvalue weighted by Gasteiger charge is 2.49. The molecule has 0 radical (unpaired) electrons. The fourth-order valence-corrected chi connectivity index (χ4v) is 4.99. The van der Waals surface area contributed by atoms with Crippen molar-refractivity contribution in [2.24, 2.45) is 0 Å². The minimum absolute atomic E-state index is 0.0476. The molecule has 33 heavy (non-hydrogen) atoms. The Morgan fingerprint density at radius 1 is 1.18 bits per heavy atom. The molecule has 1 aliphatic heterocycles. The smallest absolute Gasteiger partial charge is 0.302 e. The first-order valence-corrected chi connectivity index (χ1v) is 11.2. The van der Waals surface area contributed by atoms with Crippen molar-refractivity contribution in [1.29, 1.82) is 0 Å². The Bertz CT molecular complexity index is 1390. The van der Waals surface area contributed by atoms with Crippen LogP contribution in [0.2, 0.25) is 0 Å². The number of anilines is 1. The number of benzene rings is 2. The quantitative estimate of drug-likeness (QED) is 0.253. The van der Waals surface area contributed by atoms with E-state index in [0.717, 1.165) is 22.2 Å². The Hall–Kier alpha value is -3.91. The third kappa shape index (κ3) is 3.48. The van der Waals surface area contributed by atoms with Crippen molar-refractivity contribution in [2.75, 3.05) is 12.0 Å². The first-order chi connectivity index (χ1) is 16.0. The molecule has 4 aromatic rings. The Kier molecular flexibility index (Phi) is 5.22. The van der Waals surface area contributed by atoms with Gasteiger partial charge in [-0.25, -0.2) is 4.98 Å². The molecule has 7 nitrogen and oxygen atoms in total. The number of thiazole rings is 1. The first-order valence-electron chi connectivity index (χ1n) is 10.4. The van der Waals surface area contributed by atoms with Crippen molar-refractivity contribution in [2.45, 2.75) is 19.4 Å². The number of ether oxygens (including phenoxy) is 1. The Morgan fingerprint density at radius 2 is 1.97 bits per heavy atom. The summed E-state index contributed by atoms with van der Waals surface area (Å²) in [6, 6.07) is 15.0. The van der Waals surface area contributed by atoms with Crippen molar-refractivity contribution in [3.05, 3.63) is 83.3 Å². The van der Waals surface area contributed by atoms with Crippen LogP contribution in [0.25, 0.3) is 16.0 Å². The van der Waals surface area contributed by atoms with Gasteiger partial charge in [0.05, 0.1) is 29.2 Å². The summed E-state index contributed by atoms with van der Waals surface area (Å²) in [5, 5.41) is 11.5. The normalized spacial score (nSPS) is 17.8. The summed E-state index contributed by atoms with van der Waals surface area (Å²) >= 11 is 1.32. The molecular weight excluding hydrogens is 440 g/mol. The number of rotatable bonds is 5. The fraction of sp³-hybridized carbons (Fsp3) is 0.160. The third-order valence-corrected chi connectivity index (χ3v) is 6.69. The lowest BCUT2D eigenvalue weighted by Gasteiger charge is -2.20. The lowest BCUT2D eigenvalue weighted by Crippen LogP contribution is -2.29. The number of aromatic nitrogens is 1. The van der Waals surface area contributed by atoms with Crippen LogP contribution in [0.15, 0.2) is 70.9 Å². The van der Waals surface area contributed by atoms with Gasteiger partial charge >= 0.3 is 5.91 Å². The Morgan fingerprint density at radius 3 is 2.64 bits per heavy atom. The van der Waals surface area contributed by atoms with Gasteiger partial charge < -0.3 is 14.3 Å². The highest BCUT2D eigenvalue weighted by molar-refractivity contribution is 7.22. The first kappa shape index (κ1) is 21.0. The van der Waals surface area contributed by atoms with Crippen LogP contribution in [0.4, 0.5) is 5.13 Å². The van der Waals surface area contributed by atoms with E-state index in [-0.39, 0.29) is 11.3 Å². The highest BCUT2D eigenvalue weighted by Crippen LogP contribution is 2.44. The van der Waals surface area contributed by atoms with E-state index in [2.05, 4.69) is 11.9 Å². The van der Waals surface area contributed by atoms with Crippen molar-refractivity contribution < 1.29 is 23.8 Å². The van der Waals surface area contributed by atoms with Gasteiger partial charge in [-0.3, -0.25) is 14.5 Å². The molecule has 1 fully saturated rings. The number of aryl methyl sites for hydroxylation is 1. The van der Waals surface area contributed by atoms with Gasteiger partial charge in [-0.15, -0.1) is 0 Å². The fourth-order valence-electron chi connectivity index (χ4n) is 3.93. The van der Waals surface area contributed by atoms with Gasteiger partial charge in [-0.2, -0.15) is 0 Å². The van der Waals surface area contributed by atoms with E-state index in [9.17, 15) is 14.7 Å². The number of hydrogen-bond donors (Lipinski definition) is 1. The molecule has 1 aliphatic rings. The maximum Gasteiger partial charge on any atom is 0.302 e. The second-order valence-electron chi connectivity index (χ2n) is 7.57. The molecule has 1 N–H and O–H groups in total. The molecule has 0 bridgehead atoms. The summed E-state index contributed by atoms with van der Waals surface area (Å²) in [6.07, 6.45) is 2.34. The molecule has 5 rings (SSSR count). The van der Waals surface area contributed by atoms with Crippen LogP contribution in [-0.4, -0.2) is 28.9 Å². The largest absolute Gasteiger partial charge is 0.507 e. The average molecular weight is 461 g/mol. The summed E-state index contributed by atoms with van der Waals surface area (Å²) in [7, 11) is 1.54. The molecule has 0 saturated carbocycles. The monoisotopic (exact) mass is 460 g/mol. The number of methoxy groups -OCH3 is 1. The molecule has 0 spiro atoms. The van der Waals surface area contributed by atoms with Crippen molar-refractivity contribution >= 4 is 44.1 Å². The van der Waals surface area contributed by atoms with E-state index in [1.807, 2.05) is 18.2 Å². The molecule has 166 valence electrons. The third-order valence-electron chi connectivity index (χ3n) is 5.68. The van der Waals surface area contributed by atoms with E-state index >= 15 is 0 Å². The van der Waals surface area contributed by atoms with Gasteiger partial charge in [0.15, 0.2) is 5.13 Å². The molecule has 0 aliphatic carbocycles. The lowest BCUT2D eigenvalue weighted by atomic mass is 9.99. The molecule has 1 atom stereocenters. The van der Waals surface area contributed by atoms with Crippen LogP contribution in [0.5, 0.6) is 5.75 Å². The second-order valence-corrected chi connectivity index (χ2v) is 8.57. The lowest BCUT2D eigenvalue weighted by molar-refractivity contribution is -0.132. The summed E-state index contributed by atoms with van der Waals surface area (Å²) in [5.74, 6) is -0.873. The van der Waals surface area contributed by atoms with E-state index in [1.54, 1.807) is 43.5 Å². The van der Waals surface area contributed by atoms with E-state index < -0.39 is 17.7 Å². The zero-order valence-electron chi connectivity index (χ0n) is 17.9. The maximum absolute atomic E-state index is 13.2. The molecule has 8 heteroatoms. The number of furan rings is 1. The molecule has 0 unspecified atom stereocenters. The van der Waals surface area contributed by atoms with Crippen molar-refractivity contribution in [1.82, 2.24) is 4.98 Å². The van der Waals surface area contributed by atoms with Crippen LogP contribution >= 0.6 is 11.3 Å². The number of hydrogen-bond acceptors (Lipinski definition) is 7. The number of aliphatic hydroxyl groups is 1. The van der Waals surface area contributed by atoms with Crippen molar-refractivity contribution in [3.63, 3.8) is 0 Å². The topological polar surface area (TPSA) is 92.9 Å². The van der Waals surface area contributed by atoms with E-state index in [0.29, 0.717) is 22.2 Å². The highest BCUT2D eigenvalue weighted by atomic mass is 32.1. The molecular formula is C25H20N2O5S. The molecule has 2 aromatic heterocycles. The Balaban J connectivity index is 1.67. The number of ketones is 1. The van der Waals surface area contributed by atoms with Gasteiger partial charge in [0.25, 0.3) is 5.78 Å². The van der Waals surface area contributed by atoms with Gasteiger partial charge in [-0.1, -0.05) is 24.3 Å². The number of carbonyl (C=O) groups excluding carboxylic acids is 2. The minimum Gasteiger partial charge on any atom is -0.507 e. The van der Waals surface area contributed by atoms with Gasteiger partial charge in [-0.05, 0) is 60.5 Å². The van der Waals surface area contributed by atoms with E-state index in [4.69, 9.17) is 9.15 Å². The Labute approximate surface area is 193 Å². The van der Waals surface area contributed by atoms with Crippen molar-refractivity contribution in [3.8, 4) is 5.75 Å². The zero-order valence-corrected chi connectivity index (χ0v) is 18.8. The molecule has 1 saturated heterocycles. The second kappa shape index (κ2) is 8.22. The standard InChI is InChI=1S/C25H20N2O5S/c1-3-14-6-11-17-19(13-14)33-25(26-17)27-21(18-5-4-12-32-18)20(23(29)24(27)30)22(28)15-7-9-16(31-2)10-8-15/h4-13,21,28H,3H2,1-2H3/b22-20+/t21-/m0/s1. The van der Waals surface area contributed by atoms with Crippen LogP contribution in [0.1, 0.15) is 29.9 Å². The SMILES string of the molecule is CCc1ccc2nc(N3C(=O)C(=O)/C(=C(/O)c4ccc(OC)cc4)[C@@H]3c3ccco3)sc2c1. The summed E-state index contributed by atoms with van der Waals surface area (Å²) in [4.78, 5) is 32.3. The number of Topliss-reactive ketones (excluding diaryl/α,β-unsaturated/α-hetero) is 1. The van der Waals surface area contributed by atoms with Crippen LogP contribution in [0.3, 0.4) is 0 Å². The number of carbonyl (C=O) groups is 2. The predicted molar refractivity (Wildman–Crippen MR) is 125 cm³/mol. The average Bonchev–Trinajstić information content (AvgIpc) is 3.57. The van der Waals surface area contributed by atoms with Crippen LogP contribution < -0.4 is 9.64 Å². The van der Waals surface area contributed by atoms with Gasteiger partial charge in [0.1, 0.15) is 23.3 Å². The maximum atomic E-state index is 13.2. The minimum atomic E-state index is -0.937. The predicted octanol–water partition coefficient (Wildman–Crippen LogP) is 5.09. The molecule has 3 heterocycles. The number of amides is 1. The van der Waals surface area contributed by atoms with Crippen LogP contribution in [-0.2, 0) is 16.0 Å². The molecule has 1 amide bonds. The van der Waals surface area contributed by atoms with Gasteiger partial charge in [0.2, 0.25) is 0 Å². The molecule has 2 aromatic carbocycles. The summed E-state index contributed by atoms with van der Waals surface area (Å²) in [6.45, 7) is 2.07. The summed E-state index contributed by atoms with van der Waals surface area (Å²) in [5.41, 5.74) is 2.24. The van der Waals surface area contributed by atoms with E-state index in [1.165, 1.54) is 22.5 Å². The zero-order chi connectivity index (χ0) is 23.1. The summed E-state index contributed by atoms with van der Waals surface area (Å²) < 4.78 is 11.7. The van der Waals surface area contributed by atoms with Gasteiger partial charge in [0, 0.05) is 5.56 Å². The number of fused-ring (bicyclic) bond motifs is 1.